The quantitative estimate of drug-likeness (QED) is 0.752. The van der Waals surface area contributed by atoms with Gasteiger partial charge in [0.1, 0.15) is 11.2 Å². The van der Waals surface area contributed by atoms with E-state index in [4.69, 9.17) is 0 Å². The topological polar surface area (TPSA) is 92.5 Å². The van der Waals surface area contributed by atoms with Gasteiger partial charge in [-0.05, 0) is 24.1 Å². The van der Waals surface area contributed by atoms with Crippen molar-refractivity contribution in [2.24, 2.45) is 0 Å². The first-order valence-electron chi connectivity index (χ1n) is 9.09. The number of likely N-dealkylation sites (tertiary alicyclic amines) is 1. The lowest BCUT2D eigenvalue weighted by Gasteiger charge is -2.20. The van der Waals surface area contributed by atoms with Crippen molar-refractivity contribution in [2.75, 3.05) is 13.1 Å². The van der Waals surface area contributed by atoms with Gasteiger partial charge >= 0.3 is 5.97 Å². The zero-order chi connectivity index (χ0) is 19.7. The minimum atomic E-state index is -1.26. The molecular weight excluding hydrogens is 358 g/mol. The van der Waals surface area contributed by atoms with Gasteiger partial charge in [0.2, 0.25) is 11.3 Å². The van der Waals surface area contributed by atoms with Gasteiger partial charge in [-0.3, -0.25) is 9.59 Å². The summed E-state index contributed by atoms with van der Waals surface area (Å²) in [6, 6.07) is 12.6. The average Bonchev–Trinajstić information content (AvgIpc) is 3.19. The Labute approximate surface area is 160 Å². The van der Waals surface area contributed by atoms with Gasteiger partial charge in [-0.1, -0.05) is 30.3 Å². The highest BCUT2D eigenvalue weighted by Crippen LogP contribution is 2.25. The number of hydrogen-bond donors (Lipinski definition) is 1. The van der Waals surface area contributed by atoms with Gasteiger partial charge in [0.25, 0.3) is 0 Å². The van der Waals surface area contributed by atoms with E-state index in [0.717, 1.165) is 5.56 Å². The highest BCUT2D eigenvalue weighted by Gasteiger charge is 2.29. The second kappa shape index (κ2) is 7.26. The van der Waals surface area contributed by atoms with E-state index in [9.17, 15) is 19.5 Å². The summed E-state index contributed by atoms with van der Waals surface area (Å²) in [7, 11) is 0. The molecule has 1 aromatic carbocycles. The van der Waals surface area contributed by atoms with E-state index in [2.05, 4.69) is 4.98 Å². The van der Waals surface area contributed by atoms with Crippen molar-refractivity contribution in [3.8, 4) is 0 Å². The Balaban J connectivity index is 1.63. The van der Waals surface area contributed by atoms with E-state index in [1.165, 1.54) is 6.20 Å². The molecule has 0 saturated carbocycles. The van der Waals surface area contributed by atoms with E-state index in [-0.39, 0.29) is 22.9 Å². The van der Waals surface area contributed by atoms with Crippen LogP contribution in [0.3, 0.4) is 0 Å². The molecule has 1 aliphatic rings. The van der Waals surface area contributed by atoms with E-state index < -0.39 is 11.4 Å². The minimum absolute atomic E-state index is 0.0328. The molecule has 1 atom stereocenters. The van der Waals surface area contributed by atoms with Gasteiger partial charge in [-0.25, -0.2) is 9.78 Å². The molecule has 1 unspecified atom stereocenters. The van der Waals surface area contributed by atoms with Gasteiger partial charge in [0.15, 0.2) is 0 Å². The number of fused-ring (bicyclic) bond motifs is 1. The van der Waals surface area contributed by atoms with Gasteiger partial charge in [0.05, 0.1) is 17.8 Å². The fourth-order valence-electron chi connectivity index (χ4n) is 3.69. The standard InChI is InChI=1S/C21H19N3O4/c25-18(11-14-5-2-1-3-6-14)23-10-8-15(12-23)24-13-17(21(27)28)19(26)16-7-4-9-22-20(16)24/h1-7,9,13,15H,8,10-12H2,(H,27,28). The van der Waals surface area contributed by atoms with Crippen LogP contribution in [-0.4, -0.2) is 44.5 Å². The first-order valence-corrected chi connectivity index (χ1v) is 9.09. The number of hydrogen-bond acceptors (Lipinski definition) is 4. The lowest BCUT2D eigenvalue weighted by molar-refractivity contribution is -0.129. The van der Waals surface area contributed by atoms with Crippen LogP contribution in [0.4, 0.5) is 0 Å². The molecule has 0 spiro atoms. The average molecular weight is 377 g/mol. The van der Waals surface area contributed by atoms with E-state index in [1.807, 2.05) is 30.3 Å². The summed E-state index contributed by atoms with van der Waals surface area (Å²) in [6.45, 7) is 1.04. The molecule has 7 heteroatoms. The third kappa shape index (κ3) is 3.26. The van der Waals surface area contributed by atoms with Crippen LogP contribution in [0.2, 0.25) is 0 Å². The number of carbonyl (C=O) groups is 2. The molecule has 1 fully saturated rings. The van der Waals surface area contributed by atoms with Crippen LogP contribution in [0.15, 0.2) is 59.7 Å². The predicted molar refractivity (Wildman–Crippen MR) is 103 cm³/mol. The van der Waals surface area contributed by atoms with Crippen molar-refractivity contribution in [1.29, 1.82) is 0 Å². The predicted octanol–water partition coefficient (Wildman–Crippen LogP) is 2.11. The van der Waals surface area contributed by atoms with Crippen LogP contribution in [0.25, 0.3) is 11.0 Å². The molecule has 1 aliphatic heterocycles. The lowest BCUT2D eigenvalue weighted by atomic mass is 10.1. The third-order valence-corrected chi connectivity index (χ3v) is 5.13. The first kappa shape index (κ1) is 17.9. The highest BCUT2D eigenvalue weighted by atomic mass is 16.4. The zero-order valence-electron chi connectivity index (χ0n) is 15.1. The highest BCUT2D eigenvalue weighted by molar-refractivity contribution is 5.91. The van der Waals surface area contributed by atoms with Gasteiger partial charge in [0, 0.05) is 25.5 Å². The summed E-state index contributed by atoms with van der Waals surface area (Å²) in [5.41, 5.74) is 0.580. The third-order valence-electron chi connectivity index (χ3n) is 5.13. The summed E-state index contributed by atoms with van der Waals surface area (Å²) < 4.78 is 1.73. The van der Waals surface area contributed by atoms with Gasteiger partial charge in [-0.15, -0.1) is 0 Å². The van der Waals surface area contributed by atoms with E-state index in [1.54, 1.807) is 27.8 Å². The van der Waals surface area contributed by atoms with Crippen molar-refractivity contribution >= 4 is 22.9 Å². The Bertz CT molecular complexity index is 1110. The molecular formula is C21H19N3O4. The molecule has 1 amide bonds. The first-order chi connectivity index (χ1) is 13.5. The number of carboxylic acid groups (broad SMARTS) is 1. The van der Waals surface area contributed by atoms with Crippen LogP contribution >= 0.6 is 0 Å². The van der Waals surface area contributed by atoms with Crippen LogP contribution in [-0.2, 0) is 11.2 Å². The molecule has 28 heavy (non-hydrogen) atoms. The molecule has 142 valence electrons. The number of benzene rings is 1. The SMILES string of the molecule is O=C(O)c1cn(C2CCN(C(=O)Cc3ccccc3)C2)c2ncccc2c1=O. The number of pyridine rings is 2. The lowest BCUT2D eigenvalue weighted by Crippen LogP contribution is -2.31. The number of rotatable bonds is 4. The Kier molecular flexibility index (Phi) is 4.65. The fourth-order valence-corrected chi connectivity index (χ4v) is 3.69. The largest absolute Gasteiger partial charge is 0.477 e. The number of nitrogens with zero attached hydrogens (tertiary/aromatic N) is 3. The molecule has 1 saturated heterocycles. The van der Waals surface area contributed by atoms with Crippen LogP contribution in [0.1, 0.15) is 28.4 Å². The van der Waals surface area contributed by atoms with Crippen molar-refractivity contribution in [3.05, 3.63) is 76.2 Å². The maximum Gasteiger partial charge on any atom is 0.341 e. The van der Waals surface area contributed by atoms with Crippen molar-refractivity contribution in [1.82, 2.24) is 14.5 Å². The van der Waals surface area contributed by atoms with E-state index in [0.29, 0.717) is 31.6 Å². The number of carboxylic acids is 1. The van der Waals surface area contributed by atoms with Gasteiger partial charge < -0.3 is 14.6 Å². The number of aromatic carboxylic acids is 1. The van der Waals surface area contributed by atoms with Crippen LogP contribution < -0.4 is 5.43 Å². The second-order valence-electron chi connectivity index (χ2n) is 6.90. The van der Waals surface area contributed by atoms with Crippen molar-refractivity contribution in [2.45, 2.75) is 18.9 Å². The summed E-state index contributed by atoms with van der Waals surface area (Å²) in [6.07, 6.45) is 3.94. The zero-order valence-corrected chi connectivity index (χ0v) is 15.1. The molecule has 0 radical (unpaired) electrons. The molecule has 2 aromatic heterocycles. The Morgan fingerprint density at radius 2 is 1.93 bits per heavy atom. The molecule has 0 aliphatic carbocycles. The maximum atomic E-state index is 12.6. The number of carbonyl (C=O) groups excluding carboxylic acids is 1. The number of aromatic nitrogens is 2. The molecule has 3 heterocycles. The summed E-state index contributed by atoms with van der Waals surface area (Å²) >= 11 is 0. The Hall–Kier alpha value is -3.48. The summed E-state index contributed by atoms with van der Waals surface area (Å²) in [5.74, 6) is -1.23. The van der Waals surface area contributed by atoms with Crippen molar-refractivity contribution < 1.29 is 14.7 Å². The summed E-state index contributed by atoms with van der Waals surface area (Å²) in [4.78, 5) is 42.6. The maximum absolute atomic E-state index is 12.6. The van der Waals surface area contributed by atoms with Crippen LogP contribution in [0, 0.1) is 0 Å². The molecule has 1 N–H and O–H groups in total. The monoisotopic (exact) mass is 377 g/mol. The fraction of sp³-hybridized carbons (Fsp3) is 0.238. The second-order valence-corrected chi connectivity index (χ2v) is 6.90. The number of amides is 1. The normalized spacial score (nSPS) is 16.4. The summed E-state index contributed by atoms with van der Waals surface area (Å²) in [5, 5.41) is 9.67. The molecule has 4 rings (SSSR count). The minimum Gasteiger partial charge on any atom is -0.477 e. The molecule has 3 aromatic rings. The Morgan fingerprint density at radius 3 is 2.68 bits per heavy atom. The van der Waals surface area contributed by atoms with Crippen molar-refractivity contribution in [3.63, 3.8) is 0 Å². The van der Waals surface area contributed by atoms with Gasteiger partial charge in [-0.2, -0.15) is 0 Å². The molecule has 0 bridgehead atoms. The Morgan fingerprint density at radius 1 is 1.14 bits per heavy atom. The molecule has 7 nitrogen and oxygen atoms in total. The van der Waals surface area contributed by atoms with E-state index >= 15 is 0 Å². The van der Waals surface area contributed by atoms with Crippen LogP contribution in [0.5, 0.6) is 0 Å². The smallest absolute Gasteiger partial charge is 0.341 e.